The summed E-state index contributed by atoms with van der Waals surface area (Å²) in [6, 6.07) is 3.48. The average molecular weight is 193 g/mol. The molecule has 0 aliphatic heterocycles. The van der Waals surface area contributed by atoms with E-state index >= 15 is 0 Å². The predicted molar refractivity (Wildman–Crippen MR) is 54.0 cm³/mol. The van der Waals surface area contributed by atoms with Crippen LogP contribution in [0.15, 0.2) is 23.5 Å². The molecule has 3 N–H and O–H groups in total. The number of aromatic nitrogens is 1. The molecule has 1 aromatic heterocycles. The molecule has 0 atom stereocenters. The van der Waals surface area contributed by atoms with Crippen LogP contribution in [0.3, 0.4) is 0 Å². The molecule has 0 unspecified atom stereocenters. The molecule has 0 radical (unpaired) electrons. The van der Waals surface area contributed by atoms with Crippen molar-refractivity contribution in [3.63, 3.8) is 0 Å². The van der Waals surface area contributed by atoms with E-state index in [-0.39, 0.29) is 0 Å². The van der Waals surface area contributed by atoms with E-state index in [1.807, 2.05) is 0 Å². The number of hydrogen-bond acceptors (Lipinski definition) is 5. The van der Waals surface area contributed by atoms with Gasteiger partial charge in [0.2, 0.25) is 0 Å². The van der Waals surface area contributed by atoms with Crippen LogP contribution in [-0.2, 0) is 11.4 Å². The number of anilines is 1. The van der Waals surface area contributed by atoms with Gasteiger partial charge in [-0.05, 0) is 6.07 Å². The third kappa shape index (κ3) is 2.53. The van der Waals surface area contributed by atoms with Gasteiger partial charge in [-0.25, -0.2) is 10.8 Å². The Kier molecular flexibility index (Phi) is 3.57. The summed E-state index contributed by atoms with van der Waals surface area (Å²) in [7, 11) is 0. The van der Waals surface area contributed by atoms with Crippen LogP contribution in [0.1, 0.15) is 5.56 Å². The fraction of sp³-hybridized carbons (Fsp3) is 0.125. The highest BCUT2D eigenvalue weighted by molar-refractivity contribution is 5.72. The molecule has 6 nitrogen and oxygen atoms in total. The number of hydrazine groups is 1. The van der Waals surface area contributed by atoms with Crippen LogP contribution >= 0.6 is 0 Å². The second kappa shape index (κ2) is 4.93. The Bertz CT molecular complexity index is 310. The van der Waals surface area contributed by atoms with E-state index in [2.05, 4.69) is 16.9 Å². The maximum absolute atomic E-state index is 6.90. The fourth-order valence-electron chi connectivity index (χ4n) is 0.841. The molecule has 0 aliphatic rings. The van der Waals surface area contributed by atoms with E-state index < -0.39 is 0 Å². The van der Waals surface area contributed by atoms with E-state index in [0.29, 0.717) is 12.4 Å². The summed E-state index contributed by atoms with van der Waals surface area (Å²) < 4.78 is 0. The van der Waals surface area contributed by atoms with Gasteiger partial charge in [-0.2, -0.15) is 0 Å². The van der Waals surface area contributed by atoms with E-state index in [1.54, 1.807) is 18.3 Å². The Labute approximate surface area is 81.5 Å². The lowest BCUT2D eigenvalue weighted by Crippen LogP contribution is -2.29. The fourth-order valence-corrected chi connectivity index (χ4v) is 0.841. The molecule has 1 rings (SSSR count). The third-order valence-electron chi connectivity index (χ3n) is 1.54. The highest BCUT2D eigenvalue weighted by Crippen LogP contribution is 2.07. The Balaban J connectivity index is 2.67. The summed E-state index contributed by atoms with van der Waals surface area (Å²) in [5.74, 6) is 5.91. The number of nitrogens with two attached hydrogens (primary N) is 1. The van der Waals surface area contributed by atoms with Gasteiger partial charge in [-0.15, -0.1) is 5.16 Å². The van der Waals surface area contributed by atoms with E-state index in [1.165, 1.54) is 0 Å². The number of nitrogens with one attached hydrogen (secondary N) is 1. The second-order valence-corrected chi connectivity index (χ2v) is 2.46. The summed E-state index contributed by atoms with van der Waals surface area (Å²) in [6.45, 7) is 3.51. The molecular weight excluding hydrogens is 182 g/mol. The summed E-state index contributed by atoms with van der Waals surface area (Å²) >= 11 is 0. The quantitative estimate of drug-likeness (QED) is 0.308. The molecule has 0 spiro atoms. The number of pyridine rings is 1. The lowest BCUT2D eigenvalue weighted by Gasteiger charge is -2.10. The summed E-state index contributed by atoms with van der Waals surface area (Å²) in [4.78, 5) is 8.74. The summed E-state index contributed by atoms with van der Waals surface area (Å²) in [5, 5.41) is 11.3. The zero-order chi connectivity index (χ0) is 10.4. The monoisotopic (exact) mass is 193 g/mol. The molecule has 0 fully saturated rings. The average Bonchev–Trinajstić information content (AvgIpc) is 2.26. The predicted octanol–water partition coefficient (Wildman–Crippen LogP) is 0.501. The maximum atomic E-state index is 6.90. The Morgan fingerprint density at radius 1 is 1.71 bits per heavy atom. The highest BCUT2D eigenvalue weighted by Gasteiger charge is 1.99. The molecule has 0 aromatic carbocycles. The van der Waals surface area contributed by atoms with E-state index in [4.69, 9.17) is 16.1 Å². The van der Waals surface area contributed by atoms with Crippen molar-refractivity contribution in [2.45, 2.75) is 6.61 Å². The van der Waals surface area contributed by atoms with Gasteiger partial charge in [0, 0.05) is 18.5 Å². The SMILES string of the molecule is C=NOCc1ccc(N(N)C=N)nc1. The minimum absolute atomic E-state index is 0.325. The van der Waals surface area contributed by atoms with Crippen LogP contribution in [0.2, 0.25) is 0 Å². The molecule has 0 saturated heterocycles. The van der Waals surface area contributed by atoms with Gasteiger partial charge >= 0.3 is 0 Å². The zero-order valence-corrected chi connectivity index (χ0v) is 7.55. The minimum atomic E-state index is 0.325. The molecule has 0 amide bonds. The van der Waals surface area contributed by atoms with Gasteiger partial charge in [-0.1, -0.05) is 6.07 Å². The first-order valence-electron chi connectivity index (χ1n) is 3.85. The van der Waals surface area contributed by atoms with Crippen LogP contribution < -0.4 is 10.9 Å². The summed E-state index contributed by atoms with van der Waals surface area (Å²) in [5.41, 5.74) is 0.861. The number of rotatable bonds is 5. The standard InChI is InChI=1S/C8H11N5O/c1-11-14-5-7-2-3-8(12-4-7)13(10)6-9/h2-4,6,9H,1,5,10H2. The van der Waals surface area contributed by atoms with Gasteiger partial charge in [-0.3, -0.25) is 10.4 Å². The van der Waals surface area contributed by atoms with E-state index in [9.17, 15) is 0 Å². The first-order chi connectivity index (χ1) is 6.77. The Morgan fingerprint density at radius 3 is 3.00 bits per heavy atom. The van der Waals surface area contributed by atoms with Gasteiger partial charge in [0.15, 0.2) is 0 Å². The lowest BCUT2D eigenvalue weighted by molar-refractivity contribution is 0.133. The normalized spacial score (nSPS) is 9.21. The van der Waals surface area contributed by atoms with Crippen molar-refractivity contribution >= 4 is 18.9 Å². The lowest BCUT2D eigenvalue weighted by atomic mass is 10.3. The van der Waals surface area contributed by atoms with Crippen LogP contribution in [-0.4, -0.2) is 18.0 Å². The molecule has 0 bridgehead atoms. The van der Waals surface area contributed by atoms with Crippen molar-refractivity contribution in [3.8, 4) is 0 Å². The van der Waals surface area contributed by atoms with Crippen molar-refractivity contribution in [1.29, 1.82) is 5.41 Å². The van der Waals surface area contributed by atoms with Crippen LogP contribution in [0, 0.1) is 5.41 Å². The topological polar surface area (TPSA) is 87.6 Å². The van der Waals surface area contributed by atoms with Crippen molar-refractivity contribution in [1.82, 2.24) is 4.98 Å². The molecule has 1 heterocycles. The first kappa shape index (κ1) is 10.1. The van der Waals surface area contributed by atoms with Gasteiger partial charge in [0.05, 0.1) is 0 Å². The molecular formula is C8H11N5O. The largest absolute Gasteiger partial charge is 0.391 e. The summed E-state index contributed by atoms with van der Waals surface area (Å²) in [6.07, 6.45) is 2.58. The maximum Gasteiger partial charge on any atom is 0.148 e. The van der Waals surface area contributed by atoms with E-state index in [0.717, 1.165) is 16.9 Å². The minimum Gasteiger partial charge on any atom is -0.391 e. The third-order valence-corrected chi connectivity index (χ3v) is 1.54. The van der Waals surface area contributed by atoms with Crippen molar-refractivity contribution < 1.29 is 4.84 Å². The Morgan fingerprint density at radius 2 is 2.50 bits per heavy atom. The molecule has 74 valence electrons. The Hall–Kier alpha value is -1.95. The van der Waals surface area contributed by atoms with Crippen LogP contribution in [0.4, 0.5) is 5.82 Å². The number of nitrogens with zero attached hydrogens (tertiary/aromatic N) is 3. The van der Waals surface area contributed by atoms with Gasteiger partial charge < -0.3 is 4.84 Å². The number of oxime groups is 1. The highest BCUT2D eigenvalue weighted by atomic mass is 16.6. The molecule has 0 saturated carbocycles. The van der Waals surface area contributed by atoms with Crippen LogP contribution in [0.25, 0.3) is 0 Å². The molecule has 0 aliphatic carbocycles. The molecule has 1 aromatic rings. The van der Waals surface area contributed by atoms with Crippen molar-refractivity contribution in [2.75, 3.05) is 5.01 Å². The second-order valence-electron chi connectivity index (χ2n) is 2.46. The molecule has 6 heteroatoms. The zero-order valence-electron chi connectivity index (χ0n) is 7.55. The van der Waals surface area contributed by atoms with Crippen LogP contribution in [0.5, 0.6) is 0 Å². The first-order valence-corrected chi connectivity index (χ1v) is 3.85. The van der Waals surface area contributed by atoms with Crippen molar-refractivity contribution in [3.05, 3.63) is 23.9 Å². The number of hydrogen-bond donors (Lipinski definition) is 2. The van der Waals surface area contributed by atoms with Gasteiger partial charge in [0.1, 0.15) is 18.8 Å². The van der Waals surface area contributed by atoms with Gasteiger partial charge in [0.25, 0.3) is 0 Å². The van der Waals surface area contributed by atoms with Crippen molar-refractivity contribution in [2.24, 2.45) is 11.0 Å². The molecule has 14 heavy (non-hydrogen) atoms. The smallest absolute Gasteiger partial charge is 0.148 e.